The van der Waals surface area contributed by atoms with Crippen LogP contribution in [0.25, 0.3) is 11.4 Å². The maximum Gasteiger partial charge on any atom is 0.204 e. The number of benzene rings is 1. The van der Waals surface area contributed by atoms with Gasteiger partial charge < -0.3 is 5.73 Å². The van der Waals surface area contributed by atoms with E-state index in [9.17, 15) is 0 Å². The second-order valence-electron chi connectivity index (χ2n) is 4.16. The molecule has 2 N–H and O–H groups in total. The number of nitrogens with two attached hydrogens (primary N) is 1. The van der Waals surface area contributed by atoms with Gasteiger partial charge in [0.05, 0.1) is 7.05 Å². The highest BCUT2D eigenvalue weighted by molar-refractivity contribution is 5.57. The van der Waals surface area contributed by atoms with Crippen LogP contribution in [0.15, 0.2) is 18.2 Å². The SMILES string of the molecule is Cn1nnc(-c2ccc3c(c2)CC[C@@H]3N)n1. The largest absolute Gasteiger partial charge is 0.324 e. The molecule has 0 radical (unpaired) electrons. The Balaban J connectivity index is 2.05. The van der Waals surface area contributed by atoms with E-state index in [4.69, 9.17) is 5.73 Å². The quantitative estimate of drug-likeness (QED) is 0.764. The average molecular weight is 215 g/mol. The molecule has 0 unspecified atom stereocenters. The highest BCUT2D eigenvalue weighted by atomic mass is 15.6. The zero-order chi connectivity index (χ0) is 11.1. The monoisotopic (exact) mass is 215 g/mol. The first-order chi connectivity index (χ1) is 7.74. The Morgan fingerprint density at radius 2 is 2.31 bits per heavy atom. The van der Waals surface area contributed by atoms with E-state index in [2.05, 4.69) is 27.5 Å². The molecule has 0 spiro atoms. The van der Waals surface area contributed by atoms with Gasteiger partial charge in [-0.25, -0.2) is 0 Å². The molecule has 0 aliphatic heterocycles. The lowest BCUT2D eigenvalue weighted by Crippen LogP contribution is -2.04. The fraction of sp³-hybridized carbons (Fsp3) is 0.364. The van der Waals surface area contributed by atoms with Crippen molar-refractivity contribution in [2.24, 2.45) is 12.8 Å². The molecular weight excluding hydrogens is 202 g/mol. The number of aryl methyl sites for hydroxylation is 2. The minimum Gasteiger partial charge on any atom is -0.324 e. The fourth-order valence-corrected chi connectivity index (χ4v) is 2.19. The molecule has 2 aromatic rings. The second-order valence-corrected chi connectivity index (χ2v) is 4.16. The average Bonchev–Trinajstić information content (AvgIpc) is 2.86. The van der Waals surface area contributed by atoms with Gasteiger partial charge in [0.25, 0.3) is 0 Å². The second kappa shape index (κ2) is 3.38. The lowest BCUT2D eigenvalue weighted by molar-refractivity contribution is 0.630. The predicted octanol–water partition coefficient (Wildman–Crippen LogP) is 0.823. The van der Waals surface area contributed by atoms with Crippen molar-refractivity contribution in [3.8, 4) is 11.4 Å². The molecule has 3 rings (SSSR count). The van der Waals surface area contributed by atoms with Crippen molar-refractivity contribution < 1.29 is 0 Å². The normalized spacial score (nSPS) is 18.8. The van der Waals surface area contributed by atoms with Gasteiger partial charge in [-0.15, -0.1) is 10.2 Å². The van der Waals surface area contributed by atoms with Crippen LogP contribution in [-0.2, 0) is 13.5 Å². The van der Waals surface area contributed by atoms with Crippen LogP contribution in [-0.4, -0.2) is 20.2 Å². The van der Waals surface area contributed by atoms with E-state index in [0.29, 0.717) is 5.82 Å². The van der Waals surface area contributed by atoms with Crippen molar-refractivity contribution in [2.45, 2.75) is 18.9 Å². The molecule has 1 aromatic heterocycles. The van der Waals surface area contributed by atoms with Gasteiger partial charge in [-0.1, -0.05) is 12.1 Å². The van der Waals surface area contributed by atoms with Gasteiger partial charge in [-0.2, -0.15) is 4.80 Å². The van der Waals surface area contributed by atoms with Crippen LogP contribution in [0.5, 0.6) is 0 Å². The highest BCUT2D eigenvalue weighted by Crippen LogP contribution is 2.31. The molecule has 1 aliphatic rings. The van der Waals surface area contributed by atoms with Crippen LogP contribution in [0.1, 0.15) is 23.6 Å². The maximum absolute atomic E-state index is 5.99. The minimum atomic E-state index is 0.193. The third-order valence-electron chi connectivity index (χ3n) is 3.03. The van der Waals surface area contributed by atoms with Crippen molar-refractivity contribution in [3.63, 3.8) is 0 Å². The van der Waals surface area contributed by atoms with Gasteiger partial charge in [0.1, 0.15) is 0 Å². The van der Waals surface area contributed by atoms with Crippen molar-refractivity contribution in [3.05, 3.63) is 29.3 Å². The molecule has 5 heteroatoms. The van der Waals surface area contributed by atoms with Gasteiger partial charge in [-0.3, -0.25) is 0 Å². The lowest BCUT2D eigenvalue weighted by Gasteiger charge is -2.04. The van der Waals surface area contributed by atoms with E-state index >= 15 is 0 Å². The molecular formula is C11H13N5. The summed E-state index contributed by atoms with van der Waals surface area (Å²) in [5, 5.41) is 12.0. The molecule has 0 saturated carbocycles. The third kappa shape index (κ3) is 1.40. The molecule has 16 heavy (non-hydrogen) atoms. The predicted molar refractivity (Wildman–Crippen MR) is 59.5 cm³/mol. The number of tetrazole rings is 1. The Kier molecular flexibility index (Phi) is 2.00. The number of nitrogens with zero attached hydrogens (tertiary/aromatic N) is 4. The van der Waals surface area contributed by atoms with Gasteiger partial charge in [0.15, 0.2) is 0 Å². The molecule has 0 bridgehead atoms. The summed E-state index contributed by atoms with van der Waals surface area (Å²) in [6, 6.07) is 6.41. The summed E-state index contributed by atoms with van der Waals surface area (Å²) in [6.45, 7) is 0. The van der Waals surface area contributed by atoms with E-state index < -0.39 is 0 Å². The minimum absolute atomic E-state index is 0.193. The van der Waals surface area contributed by atoms with Crippen LogP contribution in [0.3, 0.4) is 0 Å². The molecule has 1 heterocycles. The summed E-state index contributed by atoms with van der Waals surface area (Å²) < 4.78 is 0. The summed E-state index contributed by atoms with van der Waals surface area (Å²) in [6.07, 6.45) is 2.08. The zero-order valence-corrected chi connectivity index (χ0v) is 9.09. The van der Waals surface area contributed by atoms with Crippen molar-refractivity contribution in [2.75, 3.05) is 0 Å². The Labute approximate surface area is 93.3 Å². The van der Waals surface area contributed by atoms with E-state index in [1.54, 1.807) is 7.05 Å². The van der Waals surface area contributed by atoms with Crippen molar-refractivity contribution in [1.82, 2.24) is 20.2 Å². The molecule has 0 amide bonds. The number of aromatic nitrogens is 4. The van der Waals surface area contributed by atoms with Crippen molar-refractivity contribution >= 4 is 0 Å². The summed E-state index contributed by atoms with van der Waals surface area (Å²) in [4.78, 5) is 1.47. The molecule has 1 aliphatic carbocycles. The van der Waals surface area contributed by atoms with Crippen LogP contribution < -0.4 is 5.73 Å². The van der Waals surface area contributed by atoms with E-state index in [1.807, 2.05) is 6.07 Å². The van der Waals surface area contributed by atoms with E-state index in [-0.39, 0.29) is 6.04 Å². The summed E-state index contributed by atoms with van der Waals surface area (Å²) >= 11 is 0. The van der Waals surface area contributed by atoms with E-state index in [1.165, 1.54) is 15.9 Å². The molecule has 0 saturated heterocycles. The van der Waals surface area contributed by atoms with E-state index in [0.717, 1.165) is 18.4 Å². The van der Waals surface area contributed by atoms with Crippen molar-refractivity contribution in [1.29, 1.82) is 0 Å². The Hall–Kier alpha value is -1.75. The first-order valence-corrected chi connectivity index (χ1v) is 5.37. The number of fused-ring (bicyclic) bond motifs is 1. The molecule has 1 aromatic carbocycles. The highest BCUT2D eigenvalue weighted by Gasteiger charge is 2.19. The van der Waals surface area contributed by atoms with Gasteiger partial charge in [0, 0.05) is 11.6 Å². The van der Waals surface area contributed by atoms with Crippen LogP contribution in [0.2, 0.25) is 0 Å². The summed E-state index contributed by atoms with van der Waals surface area (Å²) in [7, 11) is 1.76. The number of hydrogen-bond donors (Lipinski definition) is 1. The van der Waals surface area contributed by atoms with Crippen LogP contribution in [0, 0.1) is 0 Å². The molecule has 5 nitrogen and oxygen atoms in total. The first-order valence-electron chi connectivity index (χ1n) is 5.37. The maximum atomic E-state index is 5.99. The topological polar surface area (TPSA) is 69.6 Å². The van der Waals surface area contributed by atoms with Gasteiger partial charge >= 0.3 is 0 Å². The first kappa shape index (κ1) is 9.47. The Morgan fingerprint density at radius 3 is 3.06 bits per heavy atom. The molecule has 1 atom stereocenters. The van der Waals surface area contributed by atoms with Gasteiger partial charge in [-0.05, 0) is 35.2 Å². The van der Waals surface area contributed by atoms with Crippen LogP contribution in [0.4, 0.5) is 0 Å². The smallest absolute Gasteiger partial charge is 0.204 e. The lowest BCUT2D eigenvalue weighted by atomic mass is 10.0. The summed E-state index contributed by atoms with van der Waals surface area (Å²) in [5.41, 5.74) is 9.58. The third-order valence-corrected chi connectivity index (χ3v) is 3.03. The molecule has 0 fully saturated rings. The number of rotatable bonds is 1. The Bertz CT molecular complexity index is 531. The van der Waals surface area contributed by atoms with Gasteiger partial charge in [0.2, 0.25) is 5.82 Å². The van der Waals surface area contributed by atoms with Crippen LogP contribution >= 0.6 is 0 Å². The fourth-order valence-electron chi connectivity index (χ4n) is 2.19. The number of hydrogen-bond acceptors (Lipinski definition) is 4. The Morgan fingerprint density at radius 1 is 1.44 bits per heavy atom. The zero-order valence-electron chi connectivity index (χ0n) is 9.09. The summed E-state index contributed by atoms with van der Waals surface area (Å²) in [5.74, 6) is 0.672. The standard InChI is InChI=1S/C11H13N5/c1-16-14-11(13-15-16)8-2-4-9-7(6-8)3-5-10(9)12/h2,4,6,10H,3,5,12H2,1H3/t10-/m0/s1. The molecule has 82 valence electrons.